The topological polar surface area (TPSA) is 89.1 Å². The molecule has 0 spiro atoms. The van der Waals surface area contributed by atoms with Crippen LogP contribution in [-0.2, 0) is 17.6 Å². The van der Waals surface area contributed by atoms with E-state index in [2.05, 4.69) is 15.1 Å². The van der Waals surface area contributed by atoms with Crippen molar-refractivity contribution in [3.63, 3.8) is 0 Å². The molecule has 0 radical (unpaired) electrons. The van der Waals surface area contributed by atoms with Gasteiger partial charge in [0.05, 0.1) is 11.8 Å². The summed E-state index contributed by atoms with van der Waals surface area (Å²) in [5.74, 6) is 0.109. The number of rotatable bonds is 7. The maximum atomic E-state index is 11.5. The van der Waals surface area contributed by atoms with Gasteiger partial charge in [0, 0.05) is 17.5 Å². The standard InChI is InChI=1S/C14H19N3O3S/c1-4-14(5-2,13(18)19)7-11-16-10(17-20-11)6-12-15-9(3)8-21-12/h8H,4-7H2,1-3H3,(H,18,19). The van der Waals surface area contributed by atoms with Gasteiger partial charge in [-0.25, -0.2) is 4.98 Å². The summed E-state index contributed by atoms with van der Waals surface area (Å²) in [5.41, 5.74) is 0.141. The zero-order valence-corrected chi connectivity index (χ0v) is 13.2. The number of carboxylic acids is 1. The van der Waals surface area contributed by atoms with Gasteiger partial charge in [-0.2, -0.15) is 4.98 Å². The van der Waals surface area contributed by atoms with Crippen molar-refractivity contribution in [2.45, 2.75) is 46.5 Å². The van der Waals surface area contributed by atoms with Gasteiger partial charge in [0.2, 0.25) is 5.89 Å². The molecule has 2 aromatic rings. The Hall–Kier alpha value is -1.76. The predicted octanol–water partition coefficient (Wildman–Crippen LogP) is 2.86. The number of carboxylic acid groups (broad SMARTS) is 1. The lowest BCUT2D eigenvalue weighted by Gasteiger charge is -2.24. The zero-order valence-electron chi connectivity index (χ0n) is 12.4. The molecule has 6 nitrogen and oxygen atoms in total. The molecule has 0 aromatic carbocycles. The summed E-state index contributed by atoms with van der Waals surface area (Å²) in [5, 5.41) is 16.3. The normalized spacial score (nSPS) is 11.8. The van der Waals surface area contributed by atoms with Gasteiger partial charge >= 0.3 is 5.97 Å². The molecule has 2 heterocycles. The van der Waals surface area contributed by atoms with Crippen molar-refractivity contribution in [3.05, 3.63) is 27.8 Å². The minimum Gasteiger partial charge on any atom is -0.481 e. The van der Waals surface area contributed by atoms with Crippen LogP contribution in [0, 0.1) is 12.3 Å². The van der Waals surface area contributed by atoms with E-state index in [0.29, 0.717) is 31.0 Å². The first-order valence-corrected chi connectivity index (χ1v) is 7.83. The second-order valence-electron chi connectivity index (χ2n) is 5.13. The fourth-order valence-corrected chi connectivity index (χ4v) is 2.99. The Morgan fingerprint density at radius 2 is 2.10 bits per heavy atom. The predicted molar refractivity (Wildman–Crippen MR) is 78.3 cm³/mol. The molecule has 2 rings (SSSR count). The maximum Gasteiger partial charge on any atom is 0.310 e. The molecule has 0 saturated carbocycles. The summed E-state index contributed by atoms with van der Waals surface area (Å²) in [4.78, 5) is 20.1. The van der Waals surface area contributed by atoms with Crippen molar-refractivity contribution in [1.82, 2.24) is 15.1 Å². The molecule has 0 aliphatic heterocycles. The van der Waals surface area contributed by atoms with Crippen LogP contribution in [0.25, 0.3) is 0 Å². The van der Waals surface area contributed by atoms with Crippen molar-refractivity contribution in [2.24, 2.45) is 5.41 Å². The molecular weight excluding hydrogens is 290 g/mol. The first-order valence-electron chi connectivity index (χ1n) is 6.95. The molecule has 0 fully saturated rings. The molecule has 7 heteroatoms. The Morgan fingerprint density at radius 1 is 1.38 bits per heavy atom. The Balaban J connectivity index is 2.10. The molecule has 0 aliphatic carbocycles. The van der Waals surface area contributed by atoms with Crippen LogP contribution in [0.5, 0.6) is 0 Å². The first kappa shape index (κ1) is 15.6. The van der Waals surface area contributed by atoms with Crippen LogP contribution in [0.15, 0.2) is 9.90 Å². The third kappa shape index (κ3) is 3.47. The van der Waals surface area contributed by atoms with Gasteiger partial charge in [0.1, 0.15) is 5.01 Å². The number of hydrogen-bond donors (Lipinski definition) is 1. The first-order chi connectivity index (χ1) is 9.99. The van der Waals surface area contributed by atoms with Crippen LogP contribution < -0.4 is 0 Å². The van der Waals surface area contributed by atoms with E-state index >= 15 is 0 Å². The number of nitrogens with zero attached hydrogens (tertiary/aromatic N) is 3. The van der Waals surface area contributed by atoms with Crippen LogP contribution in [0.1, 0.15) is 49.1 Å². The van der Waals surface area contributed by atoms with E-state index in [1.165, 1.54) is 0 Å². The molecule has 0 saturated heterocycles. The Bertz CT molecular complexity index is 617. The monoisotopic (exact) mass is 309 g/mol. The number of carbonyl (C=O) groups is 1. The van der Waals surface area contributed by atoms with E-state index in [9.17, 15) is 9.90 Å². The van der Waals surface area contributed by atoms with Crippen LogP contribution in [0.4, 0.5) is 0 Å². The van der Waals surface area contributed by atoms with E-state index in [1.54, 1.807) is 11.3 Å². The van der Waals surface area contributed by atoms with Gasteiger partial charge in [-0.1, -0.05) is 19.0 Å². The van der Waals surface area contributed by atoms with Gasteiger partial charge < -0.3 is 9.63 Å². The van der Waals surface area contributed by atoms with Crippen molar-refractivity contribution in [2.75, 3.05) is 0 Å². The van der Waals surface area contributed by atoms with Crippen LogP contribution >= 0.6 is 11.3 Å². The van der Waals surface area contributed by atoms with Crippen molar-refractivity contribution in [3.8, 4) is 0 Å². The van der Waals surface area contributed by atoms with E-state index < -0.39 is 11.4 Å². The smallest absolute Gasteiger partial charge is 0.310 e. The fourth-order valence-electron chi connectivity index (χ4n) is 2.22. The summed E-state index contributed by atoms with van der Waals surface area (Å²) in [6, 6.07) is 0. The third-order valence-corrected chi connectivity index (χ3v) is 4.75. The summed E-state index contributed by atoms with van der Waals surface area (Å²) in [6.07, 6.45) is 1.84. The largest absolute Gasteiger partial charge is 0.481 e. The summed E-state index contributed by atoms with van der Waals surface area (Å²) in [6.45, 7) is 5.67. The van der Waals surface area contributed by atoms with Gasteiger partial charge in [0.25, 0.3) is 0 Å². The number of aromatic nitrogens is 3. The summed E-state index contributed by atoms with van der Waals surface area (Å²) < 4.78 is 5.21. The van der Waals surface area contributed by atoms with Gasteiger partial charge in [-0.15, -0.1) is 11.3 Å². The number of aryl methyl sites for hydroxylation is 1. The molecule has 2 aromatic heterocycles. The van der Waals surface area contributed by atoms with Crippen LogP contribution in [-0.4, -0.2) is 26.2 Å². The second-order valence-corrected chi connectivity index (χ2v) is 6.08. The molecule has 0 bridgehead atoms. The molecule has 0 amide bonds. The number of thiazole rings is 1. The number of aliphatic carboxylic acids is 1. The highest BCUT2D eigenvalue weighted by molar-refractivity contribution is 7.09. The second kappa shape index (κ2) is 6.34. The highest BCUT2D eigenvalue weighted by Gasteiger charge is 2.37. The van der Waals surface area contributed by atoms with Crippen molar-refractivity contribution >= 4 is 17.3 Å². The van der Waals surface area contributed by atoms with Crippen LogP contribution in [0.3, 0.4) is 0 Å². The lowest BCUT2D eigenvalue weighted by atomic mass is 9.79. The van der Waals surface area contributed by atoms with Crippen molar-refractivity contribution < 1.29 is 14.4 Å². The van der Waals surface area contributed by atoms with Gasteiger partial charge in [-0.05, 0) is 19.8 Å². The van der Waals surface area contributed by atoms with E-state index in [0.717, 1.165) is 10.7 Å². The Kier molecular flexibility index (Phi) is 4.72. The zero-order chi connectivity index (χ0) is 15.5. The average molecular weight is 309 g/mol. The van der Waals surface area contributed by atoms with E-state index in [4.69, 9.17) is 4.52 Å². The van der Waals surface area contributed by atoms with Crippen molar-refractivity contribution in [1.29, 1.82) is 0 Å². The third-order valence-electron chi connectivity index (χ3n) is 3.78. The van der Waals surface area contributed by atoms with Crippen LogP contribution in [0.2, 0.25) is 0 Å². The van der Waals surface area contributed by atoms with E-state index in [1.807, 2.05) is 26.2 Å². The molecule has 0 aliphatic rings. The fraction of sp³-hybridized carbons (Fsp3) is 0.571. The minimum atomic E-state index is -0.832. The highest BCUT2D eigenvalue weighted by atomic mass is 32.1. The summed E-state index contributed by atoms with van der Waals surface area (Å²) in [7, 11) is 0. The average Bonchev–Trinajstić information content (AvgIpc) is 3.05. The lowest BCUT2D eigenvalue weighted by Crippen LogP contribution is -2.32. The molecule has 0 unspecified atom stereocenters. The number of hydrogen-bond acceptors (Lipinski definition) is 6. The molecular formula is C14H19N3O3S. The quantitative estimate of drug-likeness (QED) is 0.846. The van der Waals surface area contributed by atoms with Gasteiger partial charge in [-0.3, -0.25) is 4.79 Å². The Morgan fingerprint density at radius 3 is 2.62 bits per heavy atom. The molecule has 0 atom stereocenters. The van der Waals surface area contributed by atoms with Gasteiger partial charge in [0.15, 0.2) is 5.82 Å². The lowest BCUT2D eigenvalue weighted by molar-refractivity contribution is -0.149. The molecule has 21 heavy (non-hydrogen) atoms. The summed E-state index contributed by atoms with van der Waals surface area (Å²) >= 11 is 1.55. The maximum absolute atomic E-state index is 11.5. The van der Waals surface area contributed by atoms with E-state index in [-0.39, 0.29) is 6.42 Å². The highest BCUT2D eigenvalue weighted by Crippen LogP contribution is 2.31. The molecule has 114 valence electrons. The SMILES string of the molecule is CCC(CC)(Cc1nc(Cc2nc(C)cs2)no1)C(=O)O. The minimum absolute atomic E-state index is 0.263. The Labute approximate surface area is 127 Å². The molecule has 1 N–H and O–H groups in total.